The molecule has 0 aliphatic heterocycles. The molecule has 24 heavy (non-hydrogen) atoms. The fourth-order valence-electron chi connectivity index (χ4n) is 2.74. The molecule has 0 atom stereocenters. The van der Waals surface area contributed by atoms with Crippen LogP contribution in [0.1, 0.15) is 37.7 Å². The van der Waals surface area contributed by atoms with Crippen LogP contribution in [0.2, 0.25) is 0 Å². The van der Waals surface area contributed by atoms with Crippen LogP contribution >= 0.6 is 0 Å². The molecule has 132 valence electrons. The molecule has 1 aliphatic carbocycles. The Morgan fingerprint density at radius 2 is 2.00 bits per heavy atom. The summed E-state index contributed by atoms with van der Waals surface area (Å²) in [5, 5.41) is 8.90. The van der Waals surface area contributed by atoms with Crippen molar-refractivity contribution >= 4 is 11.9 Å². The lowest BCUT2D eigenvalue weighted by molar-refractivity contribution is -0.121. The van der Waals surface area contributed by atoms with Gasteiger partial charge in [-0.15, -0.1) is 0 Å². The highest BCUT2D eigenvalue weighted by molar-refractivity contribution is 5.81. The van der Waals surface area contributed by atoms with Crippen molar-refractivity contribution in [2.24, 2.45) is 4.99 Å². The lowest BCUT2D eigenvalue weighted by Gasteiger charge is -2.14. The fourth-order valence-corrected chi connectivity index (χ4v) is 2.74. The maximum atomic E-state index is 13.6. The van der Waals surface area contributed by atoms with E-state index in [1.807, 2.05) is 0 Å². The van der Waals surface area contributed by atoms with Gasteiger partial charge < -0.3 is 16.0 Å². The molecule has 1 aromatic carbocycles. The summed E-state index contributed by atoms with van der Waals surface area (Å²) in [6.07, 6.45) is 4.81. The molecule has 0 bridgehead atoms. The monoisotopic (exact) mass is 338 g/mol. The van der Waals surface area contributed by atoms with E-state index in [0.717, 1.165) is 31.0 Å². The van der Waals surface area contributed by atoms with E-state index in [0.29, 0.717) is 25.0 Å². The first-order valence-electron chi connectivity index (χ1n) is 8.26. The number of carbonyl (C=O) groups excluding carboxylic acids is 1. The van der Waals surface area contributed by atoms with E-state index in [9.17, 15) is 13.6 Å². The van der Waals surface area contributed by atoms with Crippen LogP contribution in [-0.2, 0) is 11.3 Å². The Balaban J connectivity index is 1.70. The van der Waals surface area contributed by atoms with Crippen molar-refractivity contribution in [3.05, 3.63) is 35.4 Å². The van der Waals surface area contributed by atoms with Crippen molar-refractivity contribution < 1.29 is 13.6 Å². The average Bonchev–Trinajstić information content (AvgIpc) is 3.06. The molecule has 1 fully saturated rings. The number of nitrogens with one attached hydrogen (secondary N) is 3. The van der Waals surface area contributed by atoms with Gasteiger partial charge in [-0.3, -0.25) is 9.79 Å². The molecule has 0 spiro atoms. The molecule has 2 rings (SSSR count). The van der Waals surface area contributed by atoms with E-state index >= 15 is 0 Å². The summed E-state index contributed by atoms with van der Waals surface area (Å²) in [5.41, 5.74) is 0.219. The number of hydrogen-bond acceptors (Lipinski definition) is 2. The molecule has 7 heteroatoms. The largest absolute Gasteiger partial charge is 0.356 e. The predicted octanol–water partition coefficient (Wildman–Crippen LogP) is 2.08. The molecule has 0 heterocycles. The number of rotatable bonds is 6. The van der Waals surface area contributed by atoms with Gasteiger partial charge in [-0.1, -0.05) is 12.8 Å². The second kappa shape index (κ2) is 9.20. The molecule has 1 aromatic rings. The molecule has 0 aromatic heterocycles. The van der Waals surface area contributed by atoms with Crippen LogP contribution in [0.25, 0.3) is 0 Å². The zero-order valence-electron chi connectivity index (χ0n) is 13.9. The zero-order valence-corrected chi connectivity index (χ0v) is 13.9. The molecule has 0 radical (unpaired) electrons. The van der Waals surface area contributed by atoms with Crippen LogP contribution in [0.15, 0.2) is 23.2 Å². The van der Waals surface area contributed by atoms with Gasteiger partial charge in [0, 0.05) is 38.2 Å². The van der Waals surface area contributed by atoms with Gasteiger partial charge in [-0.05, 0) is 31.0 Å². The van der Waals surface area contributed by atoms with E-state index in [2.05, 4.69) is 20.9 Å². The highest BCUT2D eigenvalue weighted by Crippen LogP contribution is 2.17. The number of aliphatic imine (C=N–C) groups is 1. The maximum absolute atomic E-state index is 13.6. The van der Waals surface area contributed by atoms with Gasteiger partial charge >= 0.3 is 0 Å². The smallest absolute Gasteiger partial charge is 0.221 e. The number of amides is 1. The van der Waals surface area contributed by atoms with Crippen molar-refractivity contribution in [2.75, 3.05) is 13.6 Å². The van der Waals surface area contributed by atoms with Crippen molar-refractivity contribution in [2.45, 2.75) is 44.7 Å². The SMILES string of the molecule is CN=C(NCCC(=O)NC1CCCC1)NCc1cc(F)ccc1F. The molecular formula is C17H24F2N4O. The Bertz CT molecular complexity index is 586. The fraction of sp³-hybridized carbons (Fsp3) is 0.529. The van der Waals surface area contributed by atoms with Crippen LogP contribution in [0.3, 0.4) is 0 Å². The Hall–Kier alpha value is -2.18. The average molecular weight is 338 g/mol. The summed E-state index contributed by atoms with van der Waals surface area (Å²) in [5.74, 6) is -0.511. The molecule has 3 N–H and O–H groups in total. The Morgan fingerprint density at radius 3 is 2.71 bits per heavy atom. The normalized spacial score (nSPS) is 15.4. The van der Waals surface area contributed by atoms with Gasteiger partial charge in [0.1, 0.15) is 11.6 Å². The van der Waals surface area contributed by atoms with E-state index in [4.69, 9.17) is 0 Å². The van der Waals surface area contributed by atoms with Gasteiger partial charge in [-0.25, -0.2) is 8.78 Å². The van der Waals surface area contributed by atoms with Gasteiger partial charge in [0.25, 0.3) is 0 Å². The van der Waals surface area contributed by atoms with Crippen molar-refractivity contribution in [3.63, 3.8) is 0 Å². The first kappa shape index (κ1) is 18.2. The minimum absolute atomic E-state index is 0.0148. The summed E-state index contributed by atoms with van der Waals surface area (Å²) in [6.45, 7) is 0.529. The summed E-state index contributed by atoms with van der Waals surface area (Å²) in [7, 11) is 1.58. The predicted molar refractivity (Wildman–Crippen MR) is 89.6 cm³/mol. The second-order valence-electron chi connectivity index (χ2n) is 5.89. The molecule has 1 amide bonds. The van der Waals surface area contributed by atoms with Crippen molar-refractivity contribution in [1.29, 1.82) is 0 Å². The lowest BCUT2D eigenvalue weighted by atomic mass is 10.2. The highest BCUT2D eigenvalue weighted by Gasteiger charge is 2.16. The third-order valence-corrected chi connectivity index (χ3v) is 4.04. The standard InChI is InChI=1S/C17H24F2N4O/c1-20-17(22-11-12-10-13(18)6-7-15(12)19)21-9-8-16(24)23-14-4-2-3-5-14/h6-7,10,14H,2-5,8-9,11H2,1H3,(H,23,24)(H2,20,21,22). The van der Waals surface area contributed by atoms with E-state index < -0.39 is 11.6 Å². The summed E-state index contributed by atoms with van der Waals surface area (Å²) in [4.78, 5) is 15.8. The van der Waals surface area contributed by atoms with Crippen molar-refractivity contribution in [1.82, 2.24) is 16.0 Å². The Morgan fingerprint density at radius 1 is 1.25 bits per heavy atom. The third kappa shape index (κ3) is 5.79. The van der Waals surface area contributed by atoms with Crippen LogP contribution in [0.5, 0.6) is 0 Å². The summed E-state index contributed by atoms with van der Waals surface area (Å²) < 4.78 is 26.7. The van der Waals surface area contributed by atoms with Gasteiger partial charge in [0.2, 0.25) is 5.91 Å². The molecule has 1 saturated carbocycles. The number of benzene rings is 1. The number of nitrogens with zero attached hydrogens (tertiary/aromatic N) is 1. The first-order valence-corrected chi connectivity index (χ1v) is 8.26. The minimum atomic E-state index is -0.486. The molecule has 0 unspecified atom stereocenters. The molecule has 5 nitrogen and oxygen atoms in total. The Labute approximate surface area is 140 Å². The van der Waals surface area contributed by atoms with Crippen LogP contribution in [0.4, 0.5) is 8.78 Å². The summed E-state index contributed by atoms with van der Waals surface area (Å²) >= 11 is 0. The van der Waals surface area contributed by atoms with E-state index in [-0.39, 0.29) is 18.0 Å². The van der Waals surface area contributed by atoms with E-state index in [1.54, 1.807) is 7.05 Å². The number of halogens is 2. The third-order valence-electron chi connectivity index (χ3n) is 4.04. The number of guanidine groups is 1. The van der Waals surface area contributed by atoms with Gasteiger partial charge in [0.05, 0.1) is 0 Å². The maximum Gasteiger partial charge on any atom is 0.221 e. The molecule has 0 saturated heterocycles. The van der Waals surface area contributed by atoms with Gasteiger partial charge in [0.15, 0.2) is 5.96 Å². The summed E-state index contributed by atoms with van der Waals surface area (Å²) in [6, 6.07) is 3.63. The number of hydrogen-bond donors (Lipinski definition) is 3. The highest BCUT2D eigenvalue weighted by atomic mass is 19.1. The molecule has 1 aliphatic rings. The van der Waals surface area contributed by atoms with Crippen LogP contribution in [-0.4, -0.2) is 31.5 Å². The van der Waals surface area contributed by atoms with Crippen LogP contribution in [0, 0.1) is 11.6 Å². The first-order chi connectivity index (χ1) is 11.6. The topological polar surface area (TPSA) is 65.5 Å². The number of carbonyl (C=O) groups is 1. The molecular weight excluding hydrogens is 314 g/mol. The second-order valence-corrected chi connectivity index (χ2v) is 5.89. The van der Waals surface area contributed by atoms with Crippen LogP contribution < -0.4 is 16.0 Å². The lowest BCUT2D eigenvalue weighted by Crippen LogP contribution is -2.40. The quantitative estimate of drug-likeness (QED) is 0.550. The zero-order chi connectivity index (χ0) is 17.4. The Kier molecular flexibility index (Phi) is 6.96. The van der Waals surface area contributed by atoms with Gasteiger partial charge in [-0.2, -0.15) is 0 Å². The minimum Gasteiger partial charge on any atom is -0.356 e. The van der Waals surface area contributed by atoms with Crippen molar-refractivity contribution in [3.8, 4) is 0 Å². The van der Waals surface area contributed by atoms with E-state index in [1.165, 1.54) is 12.8 Å².